The van der Waals surface area contributed by atoms with Crippen molar-refractivity contribution in [1.82, 2.24) is 9.97 Å². The Hall–Kier alpha value is -1.52. The number of H-pyrrole nitrogens is 1. The number of aromatic nitrogens is 2. The molecule has 0 spiro atoms. The number of aromatic amines is 1. The van der Waals surface area contributed by atoms with Gasteiger partial charge in [-0.15, -0.1) is 0 Å². The molecular weight excluding hydrogens is 262 g/mol. The smallest absolute Gasteiger partial charge is 0.138 e. The van der Waals surface area contributed by atoms with Crippen LogP contribution in [0.3, 0.4) is 0 Å². The van der Waals surface area contributed by atoms with Gasteiger partial charge in [-0.25, -0.2) is 4.98 Å². The zero-order valence-electron chi connectivity index (χ0n) is 11.3. The van der Waals surface area contributed by atoms with Gasteiger partial charge < -0.3 is 15.5 Å². The zero-order chi connectivity index (χ0) is 14.0. The van der Waals surface area contributed by atoms with E-state index in [1.807, 2.05) is 39.0 Å². The predicted octanol–water partition coefficient (Wildman–Crippen LogP) is 3.28. The molecule has 0 aliphatic heterocycles. The first-order chi connectivity index (χ1) is 9.01. The first kappa shape index (κ1) is 13.9. The van der Waals surface area contributed by atoms with E-state index in [-0.39, 0.29) is 6.10 Å². The Morgan fingerprint density at radius 3 is 2.74 bits per heavy atom. The molecule has 0 fully saturated rings. The summed E-state index contributed by atoms with van der Waals surface area (Å²) in [5.41, 5.74) is 8.40. The molecule has 0 amide bonds. The van der Waals surface area contributed by atoms with Crippen LogP contribution in [0.2, 0.25) is 5.02 Å². The predicted molar refractivity (Wildman–Crippen MR) is 77.4 cm³/mol. The molecule has 3 N–H and O–H groups in total. The lowest BCUT2D eigenvalue weighted by Gasteiger charge is -2.12. The summed E-state index contributed by atoms with van der Waals surface area (Å²) >= 11 is 6.23. The first-order valence-electron chi connectivity index (χ1n) is 6.23. The van der Waals surface area contributed by atoms with Gasteiger partial charge in [-0.3, -0.25) is 0 Å². The van der Waals surface area contributed by atoms with Gasteiger partial charge in [0.1, 0.15) is 11.6 Å². The van der Waals surface area contributed by atoms with Gasteiger partial charge >= 0.3 is 0 Å². The number of imidazole rings is 1. The number of rotatable bonds is 4. The Bertz CT molecular complexity index is 578. The average Bonchev–Trinajstić information content (AvgIpc) is 2.72. The summed E-state index contributed by atoms with van der Waals surface area (Å²) < 4.78 is 5.61. The van der Waals surface area contributed by atoms with Crippen LogP contribution in [0, 0.1) is 6.92 Å². The van der Waals surface area contributed by atoms with Crippen LogP contribution in [-0.4, -0.2) is 16.1 Å². The Morgan fingerprint density at radius 2 is 2.16 bits per heavy atom. The number of nitrogens with zero attached hydrogens (tertiary/aromatic N) is 1. The highest BCUT2D eigenvalue weighted by Crippen LogP contribution is 2.31. The van der Waals surface area contributed by atoms with E-state index in [2.05, 4.69) is 9.97 Å². The molecule has 2 rings (SSSR count). The lowest BCUT2D eigenvalue weighted by molar-refractivity contribution is 0.242. The molecule has 0 bridgehead atoms. The van der Waals surface area contributed by atoms with Gasteiger partial charge in [0.15, 0.2) is 0 Å². The van der Waals surface area contributed by atoms with Crippen LogP contribution in [0.5, 0.6) is 5.75 Å². The molecule has 4 nitrogen and oxygen atoms in total. The SMILES string of the molecule is Cc1nc(-c2ccc(OC(C)C)c(Cl)c2)c(CN)[nH]1. The molecule has 0 unspecified atom stereocenters. The van der Waals surface area contributed by atoms with Crippen molar-refractivity contribution in [2.75, 3.05) is 0 Å². The minimum Gasteiger partial charge on any atom is -0.489 e. The molecule has 102 valence electrons. The summed E-state index contributed by atoms with van der Waals surface area (Å²) in [6.07, 6.45) is 0.0931. The average molecular weight is 280 g/mol. The van der Waals surface area contributed by atoms with E-state index < -0.39 is 0 Å². The summed E-state index contributed by atoms with van der Waals surface area (Å²) in [5.74, 6) is 1.52. The molecule has 0 aliphatic carbocycles. The number of hydrogen-bond donors (Lipinski definition) is 2. The van der Waals surface area contributed by atoms with Gasteiger partial charge in [0, 0.05) is 12.1 Å². The van der Waals surface area contributed by atoms with E-state index in [1.54, 1.807) is 0 Å². The fraction of sp³-hybridized carbons (Fsp3) is 0.357. The molecule has 0 radical (unpaired) electrons. The largest absolute Gasteiger partial charge is 0.489 e. The summed E-state index contributed by atoms with van der Waals surface area (Å²) in [4.78, 5) is 7.60. The highest BCUT2D eigenvalue weighted by Gasteiger charge is 2.12. The third kappa shape index (κ3) is 3.08. The number of ether oxygens (including phenoxy) is 1. The first-order valence-corrected chi connectivity index (χ1v) is 6.61. The zero-order valence-corrected chi connectivity index (χ0v) is 12.1. The lowest BCUT2D eigenvalue weighted by Crippen LogP contribution is -2.05. The summed E-state index contributed by atoms with van der Waals surface area (Å²) in [5, 5.41) is 0.579. The number of nitrogens with two attached hydrogens (primary N) is 1. The fourth-order valence-corrected chi connectivity index (χ4v) is 2.15. The van der Waals surface area contributed by atoms with Crippen LogP contribution >= 0.6 is 11.6 Å². The highest BCUT2D eigenvalue weighted by molar-refractivity contribution is 6.32. The molecule has 0 atom stereocenters. The maximum atomic E-state index is 6.23. The minimum atomic E-state index is 0.0931. The van der Waals surface area contributed by atoms with E-state index in [0.29, 0.717) is 17.3 Å². The summed E-state index contributed by atoms with van der Waals surface area (Å²) in [6.45, 7) is 6.25. The second-order valence-electron chi connectivity index (χ2n) is 4.67. The van der Waals surface area contributed by atoms with Gasteiger partial charge in [-0.2, -0.15) is 0 Å². The summed E-state index contributed by atoms with van der Waals surface area (Å²) in [6, 6.07) is 5.66. The highest BCUT2D eigenvalue weighted by atomic mass is 35.5. The maximum absolute atomic E-state index is 6.23. The van der Waals surface area contributed by atoms with E-state index in [4.69, 9.17) is 22.1 Å². The standard InChI is InChI=1S/C14H18ClN3O/c1-8(2)19-13-5-4-10(6-11(13)15)14-12(7-16)17-9(3)18-14/h4-6,8H,7,16H2,1-3H3,(H,17,18). The maximum Gasteiger partial charge on any atom is 0.138 e. The Morgan fingerprint density at radius 1 is 1.42 bits per heavy atom. The van der Waals surface area contributed by atoms with Gasteiger partial charge in [0.25, 0.3) is 0 Å². The lowest BCUT2D eigenvalue weighted by atomic mass is 10.1. The van der Waals surface area contributed by atoms with Crippen LogP contribution in [0.1, 0.15) is 25.4 Å². The molecule has 2 aromatic rings. The number of aryl methyl sites for hydroxylation is 1. The monoisotopic (exact) mass is 279 g/mol. The molecule has 19 heavy (non-hydrogen) atoms. The third-order valence-corrected chi connectivity index (χ3v) is 2.96. The van der Waals surface area contributed by atoms with Gasteiger partial charge in [-0.05, 0) is 39.0 Å². The van der Waals surface area contributed by atoms with Gasteiger partial charge in [-0.1, -0.05) is 11.6 Å². The van der Waals surface area contributed by atoms with Crippen molar-refractivity contribution in [3.63, 3.8) is 0 Å². The van der Waals surface area contributed by atoms with Crippen molar-refractivity contribution >= 4 is 11.6 Å². The van der Waals surface area contributed by atoms with Crippen LogP contribution < -0.4 is 10.5 Å². The van der Waals surface area contributed by atoms with Crippen LogP contribution in [0.25, 0.3) is 11.3 Å². The van der Waals surface area contributed by atoms with Crippen LogP contribution in [-0.2, 0) is 6.54 Å². The van der Waals surface area contributed by atoms with Crippen molar-refractivity contribution in [3.8, 4) is 17.0 Å². The normalized spacial score (nSPS) is 11.1. The van der Waals surface area contributed by atoms with E-state index >= 15 is 0 Å². The van der Waals surface area contributed by atoms with Crippen molar-refractivity contribution in [1.29, 1.82) is 0 Å². The molecule has 1 heterocycles. The minimum absolute atomic E-state index is 0.0931. The molecule has 0 aliphatic rings. The second kappa shape index (κ2) is 5.63. The quantitative estimate of drug-likeness (QED) is 0.903. The molecular formula is C14H18ClN3O. The molecule has 5 heteroatoms. The molecule has 0 saturated heterocycles. The Kier molecular flexibility index (Phi) is 4.12. The fourth-order valence-electron chi connectivity index (χ4n) is 1.92. The van der Waals surface area contributed by atoms with Crippen molar-refractivity contribution in [2.24, 2.45) is 5.73 Å². The van der Waals surface area contributed by atoms with Gasteiger partial charge in [0.2, 0.25) is 0 Å². The molecule has 0 saturated carbocycles. The topological polar surface area (TPSA) is 63.9 Å². The second-order valence-corrected chi connectivity index (χ2v) is 5.07. The number of halogens is 1. The Labute approximate surface area is 117 Å². The Balaban J connectivity index is 2.38. The number of hydrogen-bond acceptors (Lipinski definition) is 3. The summed E-state index contributed by atoms with van der Waals surface area (Å²) in [7, 11) is 0. The van der Waals surface area contributed by atoms with E-state index in [1.165, 1.54) is 0 Å². The van der Waals surface area contributed by atoms with Crippen LogP contribution in [0.15, 0.2) is 18.2 Å². The van der Waals surface area contributed by atoms with E-state index in [9.17, 15) is 0 Å². The molecule has 1 aromatic carbocycles. The van der Waals surface area contributed by atoms with Gasteiger partial charge in [0.05, 0.1) is 22.5 Å². The van der Waals surface area contributed by atoms with Crippen LogP contribution in [0.4, 0.5) is 0 Å². The van der Waals surface area contributed by atoms with Crippen molar-refractivity contribution in [2.45, 2.75) is 33.4 Å². The van der Waals surface area contributed by atoms with Crippen molar-refractivity contribution in [3.05, 3.63) is 34.7 Å². The van der Waals surface area contributed by atoms with Crippen molar-refractivity contribution < 1.29 is 4.74 Å². The third-order valence-electron chi connectivity index (χ3n) is 2.67. The number of benzene rings is 1. The van der Waals surface area contributed by atoms with E-state index in [0.717, 1.165) is 22.8 Å². The number of nitrogens with one attached hydrogen (secondary N) is 1. The molecule has 1 aromatic heterocycles.